The Labute approximate surface area is 107 Å². The van der Waals surface area contributed by atoms with E-state index in [0.29, 0.717) is 18.0 Å². The van der Waals surface area contributed by atoms with Crippen molar-refractivity contribution in [3.8, 4) is 0 Å². The van der Waals surface area contributed by atoms with Crippen LogP contribution in [0.5, 0.6) is 0 Å². The van der Waals surface area contributed by atoms with Gasteiger partial charge >= 0.3 is 0 Å². The van der Waals surface area contributed by atoms with Gasteiger partial charge in [0.25, 0.3) is 0 Å². The molecule has 1 aromatic rings. The molecule has 0 radical (unpaired) electrons. The number of fused-ring (bicyclic) bond motifs is 1. The van der Waals surface area contributed by atoms with Crippen molar-refractivity contribution in [3.05, 3.63) is 23.9 Å². The third-order valence-electron chi connectivity index (χ3n) is 3.74. The minimum atomic E-state index is 0.415. The van der Waals surface area contributed by atoms with E-state index in [9.17, 15) is 0 Å². The van der Waals surface area contributed by atoms with Gasteiger partial charge in [0.2, 0.25) is 0 Å². The van der Waals surface area contributed by atoms with Gasteiger partial charge in [-0.2, -0.15) is 0 Å². The van der Waals surface area contributed by atoms with E-state index >= 15 is 0 Å². The molecule has 0 aromatic carbocycles. The van der Waals surface area contributed by atoms with Crippen molar-refractivity contribution in [2.75, 3.05) is 18.1 Å². The van der Waals surface area contributed by atoms with Crippen LogP contribution in [0.2, 0.25) is 0 Å². The zero-order chi connectivity index (χ0) is 11.7. The largest absolute Gasteiger partial charge is 0.374 e. The van der Waals surface area contributed by atoms with E-state index in [2.05, 4.69) is 22.0 Å². The lowest BCUT2D eigenvalue weighted by atomic mass is 10.1. The number of hydrogen-bond donors (Lipinski definition) is 0. The van der Waals surface area contributed by atoms with Gasteiger partial charge in [-0.25, -0.2) is 4.98 Å². The second-order valence-corrected chi connectivity index (χ2v) is 5.03. The molecule has 2 unspecified atom stereocenters. The highest BCUT2D eigenvalue weighted by molar-refractivity contribution is 6.17. The maximum absolute atomic E-state index is 5.81. The molecular weight excluding hydrogens is 236 g/mol. The Hall–Kier alpha value is -0.800. The fraction of sp³-hybridized carbons (Fsp3) is 0.615. The van der Waals surface area contributed by atoms with Crippen LogP contribution in [0.25, 0.3) is 0 Å². The summed E-state index contributed by atoms with van der Waals surface area (Å²) in [5.74, 6) is 1.60. The number of anilines is 1. The number of pyridine rings is 1. The van der Waals surface area contributed by atoms with Crippen LogP contribution in [-0.2, 0) is 10.6 Å². The van der Waals surface area contributed by atoms with Crippen LogP contribution in [0, 0.1) is 0 Å². The van der Waals surface area contributed by atoms with Crippen molar-refractivity contribution in [1.29, 1.82) is 0 Å². The van der Waals surface area contributed by atoms with Gasteiger partial charge in [-0.3, -0.25) is 0 Å². The fourth-order valence-corrected chi connectivity index (χ4v) is 3.03. The zero-order valence-electron chi connectivity index (χ0n) is 9.81. The normalized spacial score (nSPS) is 28.2. The summed E-state index contributed by atoms with van der Waals surface area (Å²) in [5, 5.41) is 0. The van der Waals surface area contributed by atoms with E-state index in [4.69, 9.17) is 16.3 Å². The minimum absolute atomic E-state index is 0.415. The van der Waals surface area contributed by atoms with E-state index in [1.54, 1.807) is 0 Å². The Bertz CT molecular complexity index is 382. The maximum Gasteiger partial charge on any atom is 0.128 e. The monoisotopic (exact) mass is 252 g/mol. The first-order valence-corrected chi connectivity index (χ1v) is 6.81. The molecule has 2 aliphatic rings. The number of alkyl halides is 1. The minimum Gasteiger partial charge on any atom is -0.374 e. The van der Waals surface area contributed by atoms with Gasteiger partial charge in [0, 0.05) is 18.6 Å². The van der Waals surface area contributed by atoms with Crippen molar-refractivity contribution in [2.45, 2.75) is 37.3 Å². The smallest absolute Gasteiger partial charge is 0.128 e. The molecule has 17 heavy (non-hydrogen) atoms. The molecule has 0 N–H and O–H groups in total. The third-order valence-corrected chi connectivity index (χ3v) is 4.05. The molecule has 2 heterocycles. The predicted molar refractivity (Wildman–Crippen MR) is 68.5 cm³/mol. The van der Waals surface area contributed by atoms with E-state index in [-0.39, 0.29) is 0 Å². The molecule has 2 fully saturated rings. The lowest BCUT2D eigenvalue weighted by Gasteiger charge is -2.38. The highest BCUT2D eigenvalue weighted by Crippen LogP contribution is 2.32. The highest BCUT2D eigenvalue weighted by Gasteiger charge is 2.36. The van der Waals surface area contributed by atoms with Crippen molar-refractivity contribution in [1.82, 2.24) is 4.98 Å². The maximum atomic E-state index is 5.81. The molecule has 3 rings (SSSR count). The standard InChI is InChI=1S/C13H17ClN2O/c14-8-10-4-5-13(15-9-10)16-6-7-17-12-3-1-2-11(12)16/h4-5,9,11-12H,1-3,6-8H2. The molecule has 2 atom stereocenters. The molecule has 0 bridgehead atoms. The molecule has 0 amide bonds. The van der Waals surface area contributed by atoms with Crippen LogP contribution in [0.15, 0.2) is 18.3 Å². The van der Waals surface area contributed by atoms with Crippen molar-refractivity contribution < 1.29 is 4.74 Å². The summed E-state index contributed by atoms with van der Waals surface area (Å²) in [5.41, 5.74) is 1.08. The summed E-state index contributed by atoms with van der Waals surface area (Å²) in [4.78, 5) is 6.92. The molecule has 4 heteroatoms. The summed E-state index contributed by atoms with van der Waals surface area (Å²) in [6, 6.07) is 4.67. The molecule has 1 aliphatic heterocycles. The summed E-state index contributed by atoms with van der Waals surface area (Å²) < 4.78 is 5.81. The molecule has 1 aromatic heterocycles. The Balaban J connectivity index is 1.81. The average Bonchev–Trinajstić information content (AvgIpc) is 2.87. The number of ether oxygens (including phenoxy) is 1. The van der Waals surface area contributed by atoms with Gasteiger partial charge in [0.05, 0.1) is 18.8 Å². The molecule has 1 saturated heterocycles. The number of hydrogen-bond acceptors (Lipinski definition) is 3. The number of halogens is 1. The fourth-order valence-electron chi connectivity index (χ4n) is 2.88. The van der Waals surface area contributed by atoms with Crippen LogP contribution in [-0.4, -0.2) is 30.3 Å². The first kappa shape index (κ1) is 11.3. The Kier molecular flexibility index (Phi) is 3.21. The molecule has 3 nitrogen and oxygen atoms in total. The van der Waals surface area contributed by atoms with Crippen LogP contribution >= 0.6 is 11.6 Å². The Morgan fingerprint density at radius 1 is 1.41 bits per heavy atom. The van der Waals surface area contributed by atoms with E-state index in [0.717, 1.165) is 24.5 Å². The van der Waals surface area contributed by atoms with Crippen molar-refractivity contribution in [3.63, 3.8) is 0 Å². The zero-order valence-corrected chi connectivity index (χ0v) is 10.6. The quantitative estimate of drug-likeness (QED) is 0.757. The average molecular weight is 253 g/mol. The second-order valence-electron chi connectivity index (χ2n) is 4.76. The van der Waals surface area contributed by atoms with Crippen LogP contribution in [0.3, 0.4) is 0 Å². The summed E-state index contributed by atoms with van der Waals surface area (Å²) in [7, 11) is 0. The Morgan fingerprint density at radius 3 is 3.12 bits per heavy atom. The molecular formula is C13H17ClN2O. The number of morpholine rings is 1. The van der Waals surface area contributed by atoms with Gasteiger partial charge in [0.1, 0.15) is 5.82 Å². The molecule has 1 saturated carbocycles. The molecule has 92 valence electrons. The van der Waals surface area contributed by atoms with E-state index in [1.807, 2.05) is 6.20 Å². The summed E-state index contributed by atoms with van der Waals surface area (Å²) in [6.07, 6.45) is 5.98. The summed E-state index contributed by atoms with van der Waals surface area (Å²) >= 11 is 5.78. The van der Waals surface area contributed by atoms with Crippen molar-refractivity contribution >= 4 is 17.4 Å². The number of rotatable bonds is 2. The predicted octanol–water partition coefficient (Wildman–Crippen LogP) is 2.58. The van der Waals surface area contributed by atoms with Gasteiger partial charge in [-0.15, -0.1) is 11.6 Å². The number of aromatic nitrogens is 1. The SMILES string of the molecule is ClCc1ccc(N2CCOC3CCCC32)nc1. The Morgan fingerprint density at radius 2 is 2.35 bits per heavy atom. The first-order valence-electron chi connectivity index (χ1n) is 6.27. The summed E-state index contributed by atoms with van der Waals surface area (Å²) in [6.45, 7) is 1.77. The van der Waals surface area contributed by atoms with Gasteiger partial charge in [-0.1, -0.05) is 6.07 Å². The van der Waals surface area contributed by atoms with Gasteiger partial charge in [0.15, 0.2) is 0 Å². The molecule has 0 spiro atoms. The lowest BCUT2D eigenvalue weighted by molar-refractivity contribution is 0.0253. The van der Waals surface area contributed by atoms with Crippen LogP contribution in [0.4, 0.5) is 5.82 Å². The van der Waals surface area contributed by atoms with Crippen LogP contribution < -0.4 is 4.90 Å². The van der Waals surface area contributed by atoms with Gasteiger partial charge in [-0.05, 0) is 30.9 Å². The van der Waals surface area contributed by atoms with E-state index in [1.165, 1.54) is 19.3 Å². The molecule has 1 aliphatic carbocycles. The van der Waals surface area contributed by atoms with Crippen molar-refractivity contribution in [2.24, 2.45) is 0 Å². The second kappa shape index (κ2) is 4.83. The topological polar surface area (TPSA) is 25.4 Å². The van der Waals surface area contributed by atoms with E-state index < -0.39 is 0 Å². The third kappa shape index (κ3) is 2.14. The van der Waals surface area contributed by atoms with Crippen LogP contribution in [0.1, 0.15) is 24.8 Å². The highest BCUT2D eigenvalue weighted by atomic mass is 35.5. The van der Waals surface area contributed by atoms with Gasteiger partial charge < -0.3 is 9.64 Å². The number of nitrogens with zero attached hydrogens (tertiary/aromatic N) is 2. The lowest BCUT2D eigenvalue weighted by Crippen LogP contribution is -2.49. The first-order chi connectivity index (χ1) is 8.38.